The number of aryl methyl sites for hydroxylation is 1. The first kappa shape index (κ1) is 14.0. The molecule has 0 fully saturated rings. The van der Waals surface area contributed by atoms with Crippen molar-refractivity contribution in [3.05, 3.63) is 63.4 Å². The van der Waals surface area contributed by atoms with Crippen molar-refractivity contribution < 1.29 is 14.2 Å². The SMILES string of the molecule is COc1ccccc1C(O)c1c(F)cc(C)cc1Br. The molecule has 0 heterocycles. The second kappa shape index (κ2) is 5.72. The fraction of sp³-hybridized carbons (Fsp3) is 0.200. The molecule has 2 aromatic carbocycles. The van der Waals surface area contributed by atoms with Gasteiger partial charge in [-0.15, -0.1) is 0 Å². The highest BCUT2D eigenvalue weighted by Crippen LogP contribution is 2.35. The van der Waals surface area contributed by atoms with E-state index in [1.54, 1.807) is 37.3 Å². The number of halogens is 2. The normalized spacial score (nSPS) is 12.3. The van der Waals surface area contributed by atoms with E-state index in [1.807, 2.05) is 0 Å². The lowest BCUT2D eigenvalue weighted by Crippen LogP contribution is -2.06. The monoisotopic (exact) mass is 324 g/mol. The molecule has 0 saturated heterocycles. The van der Waals surface area contributed by atoms with E-state index in [-0.39, 0.29) is 5.56 Å². The van der Waals surface area contributed by atoms with E-state index in [9.17, 15) is 9.50 Å². The van der Waals surface area contributed by atoms with Crippen LogP contribution in [0.4, 0.5) is 4.39 Å². The summed E-state index contributed by atoms with van der Waals surface area (Å²) in [5.74, 6) is 0.0900. The molecule has 1 unspecified atom stereocenters. The zero-order valence-electron chi connectivity index (χ0n) is 10.7. The van der Waals surface area contributed by atoms with Gasteiger partial charge in [0.1, 0.15) is 17.7 Å². The van der Waals surface area contributed by atoms with Crippen LogP contribution in [0, 0.1) is 12.7 Å². The molecule has 2 nitrogen and oxygen atoms in total. The number of aliphatic hydroxyl groups excluding tert-OH is 1. The fourth-order valence-corrected chi connectivity index (χ4v) is 2.79. The van der Waals surface area contributed by atoms with Crippen molar-refractivity contribution in [2.45, 2.75) is 13.0 Å². The molecule has 0 aliphatic carbocycles. The molecule has 0 radical (unpaired) electrons. The summed E-state index contributed by atoms with van der Waals surface area (Å²) in [4.78, 5) is 0. The van der Waals surface area contributed by atoms with Gasteiger partial charge in [0.05, 0.1) is 7.11 Å². The molecule has 0 aliphatic heterocycles. The van der Waals surface area contributed by atoms with E-state index in [4.69, 9.17) is 4.74 Å². The van der Waals surface area contributed by atoms with Crippen LogP contribution in [0.25, 0.3) is 0 Å². The highest BCUT2D eigenvalue weighted by Gasteiger charge is 2.21. The third-order valence-electron chi connectivity index (χ3n) is 2.93. The highest BCUT2D eigenvalue weighted by atomic mass is 79.9. The van der Waals surface area contributed by atoms with Gasteiger partial charge < -0.3 is 9.84 Å². The van der Waals surface area contributed by atoms with Gasteiger partial charge in [-0.3, -0.25) is 0 Å². The number of hydrogen-bond donors (Lipinski definition) is 1. The van der Waals surface area contributed by atoms with E-state index in [0.717, 1.165) is 5.56 Å². The van der Waals surface area contributed by atoms with Crippen molar-refractivity contribution in [2.24, 2.45) is 0 Å². The summed E-state index contributed by atoms with van der Waals surface area (Å²) in [6.07, 6.45) is -1.08. The van der Waals surface area contributed by atoms with Crippen LogP contribution in [0.5, 0.6) is 5.75 Å². The molecule has 100 valence electrons. The van der Waals surface area contributed by atoms with Crippen molar-refractivity contribution >= 4 is 15.9 Å². The van der Waals surface area contributed by atoms with Crippen molar-refractivity contribution in [3.63, 3.8) is 0 Å². The lowest BCUT2D eigenvalue weighted by atomic mass is 9.99. The van der Waals surface area contributed by atoms with Crippen LogP contribution in [0.15, 0.2) is 40.9 Å². The van der Waals surface area contributed by atoms with E-state index in [0.29, 0.717) is 15.8 Å². The third kappa shape index (κ3) is 2.80. The Labute approximate surface area is 120 Å². The molecule has 0 aromatic heterocycles. The van der Waals surface area contributed by atoms with Gasteiger partial charge in [0.15, 0.2) is 0 Å². The molecule has 1 N–H and O–H groups in total. The Bertz CT molecular complexity index is 575. The van der Waals surface area contributed by atoms with E-state index < -0.39 is 11.9 Å². The standard InChI is InChI=1S/C15H14BrFO2/c1-9-7-11(16)14(12(17)8-9)15(18)10-5-3-4-6-13(10)19-2/h3-8,15,18H,1-2H3. The van der Waals surface area contributed by atoms with Crippen LogP contribution in [0.2, 0.25) is 0 Å². The second-order valence-corrected chi connectivity index (χ2v) is 5.14. The summed E-state index contributed by atoms with van der Waals surface area (Å²) in [5, 5.41) is 10.4. The van der Waals surface area contributed by atoms with Crippen LogP contribution >= 0.6 is 15.9 Å². The molecule has 0 amide bonds. The largest absolute Gasteiger partial charge is 0.496 e. The molecule has 0 aliphatic rings. The molecule has 2 aromatic rings. The lowest BCUT2D eigenvalue weighted by Gasteiger charge is -2.17. The number of aliphatic hydroxyl groups is 1. The van der Waals surface area contributed by atoms with Gasteiger partial charge in [-0.25, -0.2) is 4.39 Å². The third-order valence-corrected chi connectivity index (χ3v) is 3.59. The molecule has 2 rings (SSSR count). The fourth-order valence-electron chi connectivity index (χ4n) is 2.02. The first-order valence-electron chi connectivity index (χ1n) is 5.81. The minimum absolute atomic E-state index is 0.218. The minimum atomic E-state index is -1.08. The summed E-state index contributed by atoms with van der Waals surface area (Å²) < 4.78 is 19.8. The average molecular weight is 325 g/mol. The van der Waals surface area contributed by atoms with Gasteiger partial charge in [0.2, 0.25) is 0 Å². The number of methoxy groups -OCH3 is 1. The summed E-state index contributed by atoms with van der Waals surface area (Å²) >= 11 is 3.30. The van der Waals surface area contributed by atoms with Gasteiger partial charge in [0.25, 0.3) is 0 Å². The van der Waals surface area contributed by atoms with Gasteiger partial charge in [0, 0.05) is 15.6 Å². The topological polar surface area (TPSA) is 29.5 Å². The molecule has 19 heavy (non-hydrogen) atoms. The van der Waals surface area contributed by atoms with Crippen molar-refractivity contribution in [1.82, 2.24) is 0 Å². The zero-order valence-corrected chi connectivity index (χ0v) is 12.2. The predicted molar refractivity (Wildman–Crippen MR) is 75.9 cm³/mol. The Morgan fingerprint density at radius 1 is 1.26 bits per heavy atom. The van der Waals surface area contributed by atoms with Crippen LogP contribution in [0.1, 0.15) is 22.8 Å². The number of para-hydroxylation sites is 1. The number of rotatable bonds is 3. The maximum absolute atomic E-state index is 14.1. The first-order chi connectivity index (χ1) is 9.04. The summed E-state index contributed by atoms with van der Waals surface area (Å²) in [6, 6.07) is 10.2. The molecule has 1 atom stereocenters. The Morgan fingerprint density at radius 3 is 2.58 bits per heavy atom. The van der Waals surface area contributed by atoms with Crippen molar-refractivity contribution in [1.29, 1.82) is 0 Å². The Morgan fingerprint density at radius 2 is 1.95 bits per heavy atom. The van der Waals surface area contributed by atoms with Crippen molar-refractivity contribution in [3.8, 4) is 5.75 Å². The molecule has 0 spiro atoms. The number of ether oxygens (including phenoxy) is 1. The first-order valence-corrected chi connectivity index (χ1v) is 6.60. The Hall–Kier alpha value is -1.39. The molecule has 0 saturated carbocycles. The zero-order chi connectivity index (χ0) is 14.0. The second-order valence-electron chi connectivity index (χ2n) is 4.29. The summed E-state index contributed by atoms with van der Waals surface area (Å²) in [6.45, 7) is 1.80. The predicted octanol–water partition coefficient (Wildman–Crippen LogP) is 3.99. The molecular formula is C15H14BrFO2. The Kier molecular flexibility index (Phi) is 4.22. The summed E-state index contributed by atoms with van der Waals surface area (Å²) in [7, 11) is 1.52. The van der Waals surface area contributed by atoms with Gasteiger partial charge >= 0.3 is 0 Å². The number of benzene rings is 2. The highest BCUT2D eigenvalue weighted by molar-refractivity contribution is 9.10. The van der Waals surface area contributed by atoms with Gasteiger partial charge in [-0.1, -0.05) is 34.1 Å². The van der Waals surface area contributed by atoms with Crippen LogP contribution in [-0.2, 0) is 0 Å². The quantitative estimate of drug-likeness (QED) is 0.925. The lowest BCUT2D eigenvalue weighted by molar-refractivity contribution is 0.209. The van der Waals surface area contributed by atoms with Gasteiger partial charge in [-0.05, 0) is 30.7 Å². The average Bonchev–Trinajstić information content (AvgIpc) is 2.37. The minimum Gasteiger partial charge on any atom is -0.496 e. The van der Waals surface area contributed by atoms with Crippen LogP contribution < -0.4 is 4.74 Å². The molecular weight excluding hydrogens is 311 g/mol. The van der Waals surface area contributed by atoms with E-state index in [1.165, 1.54) is 13.2 Å². The molecule has 4 heteroatoms. The summed E-state index contributed by atoms with van der Waals surface area (Å²) in [5.41, 5.74) is 1.55. The Balaban J connectivity index is 2.53. The van der Waals surface area contributed by atoms with Gasteiger partial charge in [-0.2, -0.15) is 0 Å². The van der Waals surface area contributed by atoms with Crippen LogP contribution in [0.3, 0.4) is 0 Å². The maximum Gasteiger partial charge on any atom is 0.130 e. The maximum atomic E-state index is 14.1. The van der Waals surface area contributed by atoms with E-state index >= 15 is 0 Å². The molecule has 0 bridgehead atoms. The van der Waals surface area contributed by atoms with E-state index in [2.05, 4.69) is 15.9 Å². The van der Waals surface area contributed by atoms with Crippen molar-refractivity contribution in [2.75, 3.05) is 7.11 Å². The smallest absolute Gasteiger partial charge is 0.130 e. The number of hydrogen-bond acceptors (Lipinski definition) is 2. The van der Waals surface area contributed by atoms with Crippen LogP contribution in [-0.4, -0.2) is 12.2 Å².